The number of amides is 1. The molecular formula is C27H43N5O. The van der Waals surface area contributed by atoms with Crippen LogP contribution < -0.4 is 16.0 Å². The molecule has 33 heavy (non-hydrogen) atoms. The van der Waals surface area contributed by atoms with Gasteiger partial charge in [0.15, 0.2) is 0 Å². The smallest absolute Gasteiger partial charge is 0.223 e. The van der Waals surface area contributed by atoms with Gasteiger partial charge in [-0.25, -0.2) is 0 Å². The van der Waals surface area contributed by atoms with Gasteiger partial charge < -0.3 is 20.9 Å². The fraction of sp³-hybridized carbons (Fsp3) is 0.667. The molecule has 0 aliphatic carbocycles. The fourth-order valence-electron chi connectivity index (χ4n) is 5.43. The van der Waals surface area contributed by atoms with Gasteiger partial charge in [0.1, 0.15) is 6.17 Å². The topological polar surface area (TPSA) is 59.6 Å². The van der Waals surface area contributed by atoms with Crippen molar-refractivity contribution in [2.45, 2.75) is 65.5 Å². The van der Waals surface area contributed by atoms with E-state index < -0.39 is 0 Å². The van der Waals surface area contributed by atoms with E-state index >= 15 is 0 Å². The third-order valence-corrected chi connectivity index (χ3v) is 7.62. The minimum absolute atomic E-state index is 0.146. The summed E-state index contributed by atoms with van der Waals surface area (Å²) in [5.41, 5.74) is 6.43. The van der Waals surface area contributed by atoms with Crippen LogP contribution in [0.15, 0.2) is 29.6 Å². The van der Waals surface area contributed by atoms with Gasteiger partial charge >= 0.3 is 0 Å². The Morgan fingerprint density at radius 1 is 1.00 bits per heavy atom. The van der Waals surface area contributed by atoms with Gasteiger partial charge in [-0.3, -0.25) is 9.69 Å². The Balaban J connectivity index is 1.16. The van der Waals surface area contributed by atoms with Crippen molar-refractivity contribution in [3.8, 4) is 0 Å². The van der Waals surface area contributed by atoms with E-state index in [4.69, 9.17) is 0 Å². The average molecular weight is 454 g/mol. The third kappa shape index (κ3) is 6.51. The van der Waals surface area contributed by atoms with E-state index in [1.54, 1.807) is 0 Å². The molecule has 0 spiro atoms. The molecule has 0 saturated carbocycles. The summed E-state index contributed by atoms with van der Waals surface area (Å²) >= 11 is 0. The maximum Gasteiger partial charge on any atom is 0.223 e. The first-order chi connectivity index (χ1) is 16.0. The Morgan fingerprint density at radius 2 is 1.76 bits per heavy atom. The lowest BCUT2D eigenvalue weighted by Crippen LogP contribution is -2.42. The summed E-state index contributed by atoms with van der Waals surface area (Å²) in [4.78, 5) is 17.7. The summed E-state index contributed by atoms with van der Waals surface area (Å²) < 4.78 is 0. The predicted molar refractivity (Wildman–Crippen MR) is 135 cm³/mol. The molecule has 6 heteroatoms. The maximum absolute atomic E-state index is 12.6. The zero-order valence-corrected chi connectivity index (χ0v) is 20.9. The molecule has 1 aromatic rings. The number of aryl methyl sites for hydroxylation is 2. The molecule has 3 N–H and O–H groups in total. The molecule has 3 aliphatic heterocycles. The van der Waals surface area contributed by atoms with Crippen molar-refractivity contribution in [1.82, 2.24) is 25.8 Å². The highest BCUT2D eigenvalue weighted by atomic mass is 16.1. The number of hydrogen-bond donors (Lipinski definition) is 3. The van der Waals surface area contributed by atoms with Crippen LogP contribution in [0.25, 0.3) is 0 Å². The SMILES string of the molecule is CC1=C(CN2CCC(C(=O)NCCCN3CCCCC3)CC2)NC(c2cc(C)ccc2C)N1. The standard InChI is InChI=1S/C27H43N5O/c1-20-8-9-21(2)24(18-20)26-29-22(3)25(30-26)19-32-16-10-23(11-17-32)27(33)28-12-7-15-31-13-5-4-6-14-31/h8-9,18,23,26,29-30H,4-7,10-17,19H2,1-3H3,(H,28,33). The Morgan fingerprint density at radius 3 is 2.52 bits per heavy atom. The van der Waals surface area contributed by atoms with Gasteiger partial charge in [-0.1, -0.05) is 30.2 Å². The zero-order valence-electron chi connectivity index (χ0n) is 20.9. The Hall–Kier alpha value is -2.05. The summed E-state index contributed by atoms with van der Waals surface area (Å²) in [6, 6.07) is 6.64. The van der Waals surface area contributed by atoms with E-state index in [-0.39, 0.29) is 18.0 Å². The number of carbonyl (C=O) groups excluding carboxylic acids is 1. The van der Waals surface area contributed by atoms with Crippen molar-refractivity contribution in [3.63, 3.8) is 0 Å². The number of hydrogen-bond acceptors (Lipinski definition) is 5. The lowest BCUT2D eigenvalue weighted by molar-refractivity contribution is -0.126. The molecule has 1 aromatic carbocycles. The van der Waals surface area contributed by atoms with Crippen LogP contribution in [0.4, 0.5) is 0 Å². The number of nitrogens with one attached hydrogen (secondary N) is 3. The maximum atomic E-state index is 12.6. The molecule has 6 nitrogen and oxygen atoms in total. The number of likely N-dealkylation sites (tertiary alicyclic amines) is 2. The lowest BCUT2D eigenvalue weighted by Gasteiger charge is -2.32. The van der Waals surface area contributed by atoms with E-state index in [1.165, 1.54) is 60.4 Å². The van der Waals surface area contributed by atoms with E-state index in [2.05, 4.69) is 64.7 Å². The highest BCUT2D eigenvalue weighted by molar-refractivity contribution is 5.78. The summed E-state index contributed by atoms with van der Waals surface area (Å²) in [6.45, 7) is 13.8. The molecule has 0 radical (unpaired) electrons. The molecule has 1 atom stereocenters. The predicted octanol–water partition coefficient (Wildman–Crippen LogP) is 3.43. The molecule has 1 amide bonds. The number of rotatable bonds is 8. The molecule has 4 rings (SSSR count). The third-order valence-electron chi connectivity index (χ3n) is 7.62. The van der Waals surface area contributed by atoms with Gasteiger partial charge in [-0.15, -0.1) is 0 Å². The van der Waals surface area contributed by atoms with Gasteiger partial charge in [0.05, 0.1) is 0 Å². The molecule has 3 heterocycles. The van der Waals surface area contributed by atoms with Crippen molar-refractivity contribution in [2.75, 3.05) is 45.8 Å². The van der Waals surface area contributed by atoms with Crippen molar-refractivity contribution in [3.05, 3.63) is 46.3 Å². The van der Waals surface area contributed by atoms with Gasteiger partial charge in [0.25, 0.3) is 0 Å². The second-order valence-electron chi connectivity index (χ2n) is 10.3. The molecule has 2 fully saturated rings. The lowest BCUT2D eigenvalue weighted by atomic mass is 9.95. The first-order valence-corrected chi connectivity index (χ1v) is 13.0. The molecule has 0 aromatic heterocycles. The number of allylic oxidation sites excluding steroid dienone is 1. The van der Waals surface area contributed by atoms with E-state index in [0.717, 1.165) is 52.0 Å². The number of nitrogens with zero attached hydrogens (tertiary/aromatic N) is 2. The van der Waals surface area contributed by atoms with Crippen molar-refractivity contribution in [1.29, 1.82) is 0 Å². The van der Waals surface area contributed by atoms with Crippen molar-refractivity contribution >= 4 is 5.91 Å². The summed E-state index contributed by atoms with van der Waals surface area (Å²) in [5, 5.41) is 10.5. The van der Waals surface area contributed by atoms with Crippen LogP contribution >= 0.6 is 0 Å². The quantitative estimate of drug-likeness (QED) is 0.527. The Kier molecular flexibility index (Phi) is 8.31. The monoisotopic (exact) mass is 453 g/mol. The van der Waals surface area contributed by atoms with Crippen molar-refractivity contribution in [2.24, 2.45) is 5.92 Å². The number of benzene rings is 1. The molecule has 2 saturated heterocycles. The van der Waals surface area contributed by atoms with Crippen LogP contribution in [0.5, 0.6) is 0 Å². The summed E-state index contributed by atoms with van der Waals surface area (Å²) in [7, 11) is 0. The molecular weight excluding hydrogens is 410 g/mol. The van der Waals surface area contributed by atoms with Crippen LogP contribution in [0.2, 0.25) is 0 Å². The summed E-state index contributed by atoms with van der Waals surface area (Å²) in [5.74, 6) is 0.433. The number of piperidine rings is 2. The molecule has 1 unspecified atom stereocenters. The van der Waals surface area contributed by atoms with Gasteiger partial charge in [-0.05, 0) is 96.7 Å². The Bertz CT molecular complexity index is 837. The zero-order chi connectivity index (χ0) is 23.2. The van der Waals surface area contributed by atoms with E-state index in [1.807, 2.05) is 0 Å². The minimum Gasteiger partial charge on any atom is -0.364 e. The average Bonchev–Trinajstić information content (AvgIpc) is 3.19. The second-order valence-corrected chi connectivity index (χ2v) is 10.3. The molecule has 182 valence electrons. The van der Waals surface area contributed by atoms with E-state index in [0.29, 0.717) is 0 Å². The highest BCUT2D eigenvalue weighted by Gasteiger charge is 2.28. The largest absolute Gasteiger partial charge is 0.364 e. The fourth-order valence-corrected chi connectivity index (χ4v) is 5.43. The van der Waals surface area contributed by atoms with E-state index in [9.17, 15) is 4.79 Å². The van der Waals surface area contributed by atoms with Crippen LogP contribution in [-0.4, -0.2) is 61.5 Å². The first-order valence-electron chi connectivity index (χ1n) is 13.0. The van der Waals surface area contributed by atoms with Gasteiger partial charge in [-0.2, -0.15) is 0 Å². The van der Waals surface area contributed by atoms with Gasteiger partial charge in [0, 0.05) is 30.4 Å². The van der Waals surface area contributed by atoms with Crippen LogP contribution in [0, 0.1) is 19.8 Å². The number of carbonyl (C=O) groups is 1. The minimum atomic E-state index is 0.146. The molecule has 3 aliphatic rings. The van der Waals surface area contributed by atoms with Crippen LogP contribution in [0.1, 0.15) is 68.3 Å². The first kappa shape index (κ1) is 24.1. The van der Waals surface area contributed by atoms with Gasteiger partial charge in [0.2, 0.25) is 5.91 Å². The van der Waals surface area contributed by atoms with Crippen molar-refractivity contribution < 1.29 is 4.79 Å². The Labute approximate surface area is 200 Å². The normalized spacial score (nSPS) is 22.8. The second kappa shape index (κ2) is 11.4. The molecule has 0 bridgehead atoms. The highest BCUT2D eigenvalue weighted by Crippen LogP contribution is 2.26. The summed E-state index contributed by atoms with van der Waals surface area (Å²) in [6.07, 6.45) is 7.17. The van der Waals surface area contributed by atoms with Crippen LogP contribution in [-0.2, 0) is 4.79 Å². The van der Waals surface area contributed by atoms with Crippen LogP contribution in [0.3, 0.4) is 0 Å².